The molecule has 0 aliphatic rings. The average Bonchev–Trinajstić information content (AvgIpc) is 2.41. The van der Waals surface area contributed by atoms with Crippen LogP contribution in [0.25, 0.3) is 6.08 Å². The summed E-state index contributed by atoms with van der Waals surface area (Å²) in [5.41, 5.74) is 0.265. The van der Waals surface area contributed by atoms with Crippen LogP contribution in [-0.2, 0) is 14.3 Å². The van der Waals surface area contributed by atoms with E-state index in [1.54, 1.807) is 40.0 Å². The van der Waals surface area contributed by atoms with Gasteiger partial charge in [0.2, 0.25) is 0 Å². The lowest BCUT2D eigenvalue weighted by atomic mass is 9.91. The number of esters is 1. The van der Waals surface area contributed by atoms with E-state index in [1.807, 2.05) is 18.2 Å². The Labute approximate surface area is 119 Å². The van der Waals surface area contributed by atoms with Crippen molar-refractivity contribution in [2.75, 3.05) is 13.7 Å². The number of ketones is 1. The largest absolute Gasteiger partial charge is 0.496 e. The summed E-state index contributed by atoms with van der Waals surface area (Å²) in [4.78, 5) is 23.2. The number of hydrogen-bond donors (Lipinski definition) is 0. The van der Waals surface area contributed by atoms with E-state index < -0.39 is 11.4 Å². The molecule has 108 valence electrons. The smallest absolute Gasteiger partial charge is 0.331 e. The van der Waals surface area contributed by atoms with Gasteiger partial charge in [0.25, 0.3) is 0 Å². The van der Waals surface area contributed by atoms with Gasteiger partial charge in [0.1, 0.15) is 5.75 Å². The predicted molar refractivity (Wildman–Crippen MR) is 77.4 cm³/mol. The van der Waals surface area contributed by atoms with Gasteiger partial charge in [0.05, 0.1) is 7.11 Å². The lowest BCUT2D eigenvalue weighted by molar-refractivity contribution is -0.145. The summed E-state index contributed by atoms with van der Waals surface area (Å²) in [6.45, 7) is 5.15. The summed E-state index contributed by atoms with van der Waals surface area (Å²) in [6, 6.07) is 7.31. The van der Waals surface area contributed by atoms with Gasteiger partial charge >= 0.3 is 5.97 Å². The number of carbonyl (C=O) groups is 2. The van der Waals surface area contributed by atoms with Crippen molar-refractivity contribution in [2.45, 2.75) is 20.8 Å². The molecule has 20 heavy (non-hydrogen) atoms. The lowest BCUT2D eigenvalue weighted by Crippen LogP contribution is -2.25. The molecule has 1 aromatic carbocycles. The minimum Gasteiger partial charge on any atom is -0.496 e. The number of rotatable bonds is 5. The number of Topliss-reactive ketones (excluding diaryl/α,β-unsaturated/α-hetero) is 1. The standard InChI is InChI=1S/C16H20O4/c1-16(2,3)14(17)11-20-15(18)10-9-12-7-5-6-8-13(12)19-4/h5-10H,11H2,1-4H3. The molecule has 0 heterocycles. The first kappa shape index (κ1) is 16.0. The Kier molecular flexibility index (Phi) is 5.50. The van der Waals surface area contributed by atoms with Gasteiger partial charge < -0.3 is 9.47 Å². The molecule has 0 spiro atoms. The number of para-hydroxylation sites is 1. The highest BCUT2D eigenvalue weighted by molar-refractivity contribution is 5.91. The number of hydrogen-bond acceptors (Lipinski definition) is 4. The van der Waals surface area contributed by atoms with Crippen molar-refractivity contribution in [3.8, 4) is 5.75 Å². The Bertz CT molecular complexity index is 509. The van der Waals surface area contributed by atoms with Crippen LogP contribution in [0.15, 0.2) is 30.3 Å². The Hall–Kier alpha value is -2.10. The first-order valence-corrected chi connectivity index (χ1v) is 6.36. The maximum atomic E-state index is 11.6. The first-order chi connectivity index (χ1) is 9.34. The fourth-order valence-corrected chi connectivity index (χ4v) is 1.36. The van der Waals surface area contributed by atoms with Gasteiger partial charge in [-0.3, -0.25) is 4.79 Å². The minimum atomic E-state index is -0.548. The molecule has 0 N–H and O–H groups in total. The third-order valence-corrected chi connectivity index (χ3v) is 2.72. The average molecular weight is 276 g/mol. The highest BCUT2D eigenvalue weighted by Crippen LogP contribution is 2.18. The predicted octanol–water partition coefficient (Wildman–Crippen LogP) is 2.87. The van der Waals surface area contributed by atoms with Crippen molar-refractivity contribution in [3.63, 3.8) is 0 Å². The van der Waals surface area contributed by atoms with Crippen molar-refractivity contribution < 1.29 is 19.1 Å². The molecule has 0 amide bonds. The summed E-state index contributed by atoms with van der Waals surface area (Å²) < 4.78 is 10.1. The van der Waals surface area contributed by atoms with Crippen LogP contribution in [0.5, 0.6) is 5.75 Å². The van der Waals surface area contributed by atoms with E-state index >= 15 is 0 Å². The van der Waals surface area contributed by atoms with Crippen molar-refractivity contribution in [1.82, 2.24) is 0 Å². The Morgan fingerprint density at radius 3 is 2.45 bits per heavy atom. The maximum absolute atomic E-state index is 11.6. The van der Waals surface area contributed by atoms with Crippen molar-refractivity contribution >= 4 is 17.8 Å². The molecule has 0 aliphatic heterocycles. The summed E-state index contributed by atoms with van der Waals surface area (Å²) in [5, 5.41) is 0. The Morgan fingerprint density at radius 2 is 1.85 bits per heavy atom. The van der Waals surface area contributed by atoms with Gasteiger partial charge in [-0.15, -0.1) is 0 Å². The molecular formula is C16H20O4. The topological polar surface area (TPSA) is 52.6 Å². The highest BCUT2D eigenvalue weighted by atomic mass is 16.5. The van der Waals surface area contributed by atoms with Crippen LogP contribution in [0.2, 0.25) is 0 Å². The maximum Gasteiger partial charge on any atom is 0.331 e. The monoisotopic (exact) mass is 276 g/mol. The number of carbonyl (C=O) groups excluding carboxylic acids is 2. The number of methoxy groups -OCH3 is 1. The fourth-order valence-electron chi connectivity index (χ4n) is 1.36. The molecule has 0 atom stereocenters. The van der Waals surface area contributed by atoms with Crippen LogP contribution in [0, 0.1) is 5.41 Å². The van der Waals surface area contributed by atoms with Gasteiger partial charge in [-0.05, 0) is 12.1 Å². The van der Waals surface area contributed by atoms with E-state index in [0.717, 1.165) is 5.56 Å². The van der Waals surface area contributed by atoms with Crippen LogP contribution >= 0.6 is 0 Å². The van der Waals surface area contributed by atoms with Gasteiger partial charge in [-0.2, -0.15) is 0 Å². The van der Waals surface area contributed by atoms with Crippen LogP contribution in [0.4, 0.5) is 0 Å². The Morgan fingerprint density at radius 1 is 1.20 bits per heavy atom. The third kappa shape index (κ3) is 4.88. The second-order valence-electron chi connectivity index (χ2n) is 5.36. The van der Waals surface area contributed by atoms with Crippen LogP contribution in [0.3, 0.4) is 0 Å². The molecule has 1 aromatic rings. The first-order valence-electron chi connectivity index (χ1n) is 6.36. The van der Waals surface area contributed by atoms with E-state index in [2.05, 4.69) is 0 Å². The molecule has 1 rings (SSSR count). The molecular weight excluding hydrogens is 256 g/mol. The zero-order valence-corrected chi connectivity index (χ0v) is 12.3. The van der Waals surface area contributed by atoms with Crippen molar-refractivity contribution in [1.29, 1.82) is 0 Å². The minimum absolute atomic E-state index is 0.114. The van der Waals surface area contributed by atoms with Crippen LogP contribution < -0.4 is 4.74 Å². The number of ether oxygens (including phenoxy) is 2. The van der Waals surface area contributed by atoms with E-state index in [9.17, 15) is 9.59 Å². The quantitative estimate of drug-likeness (QED) is 0.613. The van der Waals surface area contributed by atoms with Crippen molar-refractivity contribution in [2.24, 2.45) is 5.41 Å². The SMILES string of the molecule is COc1ccccc1C=CC(=O)OCC(=O)C(C)(C)C. The lowest BCUT2D eigenvalue weighted by Gasteiger charge is -2.15. The van der Waals surface area contributed by atoms with Gasteiger partial charge in [-0.1, -0.05) is 39.0 Å². The van der Waals surface area contributed by atoms with Crippen molar-refractivity contribution in [3.05, 3.63) is 35.9 Å². The van der Waals surface area contributed by atoms with E-state index in [1.165, 1.54) is 6.08 Å². The third-order valence-electron chi connectivity index (χ3n) is 2.72. The molecule has 0 saturated carbocycles. The molecule has 0 fully saturated rings. The number of benzene rings is 1. The summed E-state index contributed by atoms with van der Waals surface area (Å²) in [5.74, 6) is 0.00682. The van der Waals surface area contributed by atoms with Crippen LogP contribution in [0.1, 0.15) is 26.3 Å². The second kappa shape index (κ2) is 6.89. The summed E-state index contributed by atoms with van der Waals surface area (Å²) >= 11 is 0. The summed E-state index contributed by atoms with van der Waals surface area (Å²) in [7, 11) is 1.56. The van der Waals surface area contributed by atoms with Crippen LogP contribution in [-0.4, -0.2) is 25.5 Å². The molecule has 4 nitrogen and oxygen atoms in total. The van der Waals surface area contributed by atoms with E-state index in [-0.39, 0.29) is 12.4 Å². The molecule has 0 unspecified atom stereocenters. The fraction of sp³-hybridized carbons (Fsp3) is 0.375. The molecule has 0 aliphatic carbocycles. The molecule has 0 aromatic heterocycles. The molecule has 4 heteroatoms. The zero-order valence-electron chi connectivity index (χ0n) is 12.3. The van der Waals surface area contributed by atoms with E-state index in [4.69, 9.17) is 9.47 Å². The molecule has 0 radical (unpaired) electrons. The Balaban J connectivity index is 2.58. The highest BCUT2D eigenvalue weighted by Gasteiger charge is 2.21. The van der Waals surface area contributed by atoms with Gasteiger partial charge in [0, 0.05) is 17.1 Å². The molecule has 0 bridgehead atoms. The molecule has 0 saturated heterocycles. The van der Waals surface area contributed by atoms with E-state index in [0.29, 0.717) is 5.75 Å². The van der Waals surface area contributed by atoms with Gasteiger partial charge in [0.15, 0.2) is 12.4 Å². The normalized spacial score (nSPS) is 11.4. The summed E-state index contributed by atoms with van der Waals surface area (Å²) in [6.07, 6.45) is 2.89. The second-order valence-corrected chi connectivity index (χ2v) is 5.36. The zero-order chi connectivity index (χ0) is 15.2. The van der Waals surface area contributed by atoms with Gasteiger partial charge in [-0.25, -0.2) is 4.79 Å².